The van der Waals surface area contributed by atoms with E-state index in [9.17, 15) is 22.8 Å². The van der Waals surface area contributed by atoms with E-state index in [0.717, 1.165) is 40.9 Å². The summed E-state index contributed by atoms with van der Waals surface area (Å²) in [7, 11) is 0. The summed E-state index contributed by atoms with van der Waals surface area (Å²) < 4.78 is 40.9. The van der Waals surface area contributed by atoms with E-state index in [0.29, 0.717) is 12.5 Å². The number of nitrogens with one attached hydrogen (secondary N) is 1. The van der Waals surface area contributed by atoms with Crippen LogP contribution in [-0.2, 0) is 14.3 Å². The molecule has 0 saturated carbocycles. The van der Waals surface area contributed by atoms with Crippen molar-refractivity contribution >= 4 is 33.7 Å². The molecule has 232 valence electrons. The van der Waals surface area contributed by atoms with E-state index in [2.05, 4.69) is 51.2 Å². The molecule has 2 aliphatic rings. The minimum atomic E-state index is -4.67. The lowest BCUT2D eigenvalue weighted by Gasteiger charge is -2.38. The Kier molecular flexibility index (Phi) is 9.78. The van der Waals surface area contributed by atoms with Crippen LogP contribution in [0.4, 0.5) is 13.2 Å². The van der Waals surface area contributed by atoms with Gasteiger partial charge in [-0.1, -0.05) is 38.1 Å². The Morgan fingerprint density at radius 3 is 2.09 bits per heavy atom. The molecule has 0 radical (unpaired) electrons. The Bertz CT molecular complexity index is 1600. The molecule has 2 aromatic heterocycles. The van der Waals surface area contributed by atoms with Crippen LogP contribution in [0.2, 0.25) is 0 Å². The molecule has 2 aromatic carbocycles. The summed E-state index contributed by atoms with van der Waals surface area (Å²) in [6.07, 6.45) is 2.88. The number of rotatable bonds is 3. The molecule has 0 bridgehead atoms. The number of benzene rings is 2. The molecule has 0 aliphatic carbocycles. The Labute approximate surface area is 254 Å². The van der Waals surface area contributed by atoms with Crippen LogP contribution in [0, 0.1) is 11.8 Å². The molecular weight excluding hydrogens is 569 g/mol. The van der Waals surface area contributed by atoms with Crippen LogP contribution in [0.1, 0.15) is 62.7 Å². The van der Waals surface area contributed by atoms with Gasteiger partial charge in [-0.15, -0.1) is 0 Å². The fourth-order valence-corrected chi connectivity index (χ4v) is 5.95. The van der Waals surface area contributed by atoms with Gasteiger partial charge in [-0.2, -0.15) is 13.2 Å². The quantitative estimate of drug-likeness (QED) is 0.201. The number of pyridine rings is 2. The van der Waals surface area contributed by atoms with Gasteiger partial charge in [0.1, 0.15) is 0 Å². The number of piperidine rings is 2. The number of likely N-dealkylation sites (tertiary alicyclic amines) is 1. The van der Waals surface area contributed by atoms with E-state index in [1.54, 1.807) is 12.3 Å². The van der Waals surface area contributed by atoms with Gasteiger partial charge in [0, 0.05) is 35.8 Å². The van der Waals surface area contributed by atoms with Crippen molar-refractivity contribution in [2.24, 2.45) is 11.8 Å². The highest BCUT2D eigenvalue weighted by atomic mass is 19.4. The molecule has 2 aliphatic heterocycles. The van der Waals surface area contributed by atoms with E-state index < -0.39 is 30.7 Å². The maximum absolute atomic E-state index is 12.5. The van der Waals surface area contributed by atoms with E-state index in [-0.39, 0.29) is 12.5 Å². The van der Waals surface area contributed by atoms with Crippen molar-refractivity contribution in [3.8, 4) is 0 Å². The zero-order chi connectivity index (χ0) is 31.3. The number of halogens is 3. The third kappa shape index (κ3) is 7.91. The monoisotopic (exact) mass is 606 g/mol. The maximum atomic E-state index is 12.5. The summed E-state index contributed by atoms with van der Waals surface area (Å²) in [4.78, 5) is 34.3. The predicted molar refractivity (Wildman–Crippen MR) is 162 cm³/mol. The number of nitrogens with zero attached hydrogens (tertiary/aromatic N) is 3. The Morgan fingerprint density at radius 1 is 0.864 bits per heavy atom. The molecule has 7 nitrogen and oxygen atoms in total. The molecule has 6 rings (SSSR count). The summed E-state index contributed by atoms with van der Waals surface area (Å²) in [5.41, 5.74) is 4.10. The average molecular weight is 607 g/mol. The van der Waals surface area contributed by atoms with Crippen molar-refractivity contribution in [1.82, 2.24) is 20.2 Å². The van der Waals surface area contributed by atoms with Gasteiger partial charge in [-0.25, -0.2) is 4.79 Å². The van der Waals surface area contributed by atoms with Gasteiger partial charge in [-0.3, -0.25) is 14.8 Å². The number of amides is 1. The molecule has 4 heterocycles. The lowest BCUT2D eigenvalue weighted by atomic mass is 9.89. The Balaban J connectivity index is 0.000000193. The molecule has 2 fully saturated rings. The molecule has 4 aromatic rings. The summed E-state index contributed by atoms with van der Waals surface area (Å²) in [6.45, 7) is 3.90. The molecular formula is C34H37F3N4O3. The zero-order valence-electron chi connectivity index (χ0n) is 24.9. The van der Waals surface area contributed by atoms with Crippen LogP contribution in [0.15, 0.2) is 73.1 Å². The number of hydrogen-bond donors (Lipinski definition) is 1. The van der Waals surface area contributed by atoms with Crippen molar-refractivity contribution in [2.75, 3.05) is 19.7 Å². The van der Waals surface area contributed by atoms with Crippen molar-refractivity contribution in [3.05, 3.63) is 84.2 Å². The van der Waals surface area contributed by atoms with Gasteiger partial charge in [0.05, 0.1) is 17.1 Å². The van der Waals surface area contributed by atoms with Gasteiger partial charge in [0.2, 0.25) is 0 Å². The SMILES string of the molecule is C[C@H]1CC[C@H](c2ccc3ncccc3c2)N(C(=O)C(=O)OCC(F)(F)F)C1.C[C@H]1CC[C@H](c2ccc3ncccc3c2)NC1. The molecule has 44 heavy (non-hydrogen) atoms. The fraction of sp³-hybridized carbons (Fsp3) is 0.412. The first kappa shape index (κ1) is 31.4. The average Bonchev–Trinajstić information content (AvgIpc) is 3.03. The number of alkyl halides is 3. The van der Waals surface area contributed by atoms with Crippen LogP contribution in [0.25, 0.3) is 21.8 Å². The largest absolute Gasteiger partial charge is 0.449 e. The van der Waals surface area contributed by atoms with E-state index >= 15 is 0 Å². The smallest absolute Gasteiger partial charge is 0.422 e. The standard InChI is InChI=1S/C19H19F3N2O3.C15H18N2/c1-12-4-7-16(14-5-6-15-13(9-14)3-2-8-23-15)24(10-12)17(25)18(26)27-11-19(20,21)22;1-11-4-6-15(17-10-11)13-5-7-14-12(9-13)3-2-8-16-14/h2-3,5-6,8-9,12,16H,4,7,10-11H2,1H3;2-3,5,7-9,11,15,17H,4,6,10H2,1H3/t12-,16+;11-,15+/m00/s1. The van der Waals surface area contributed by atoms with Gasteiger partial charge >= 0.3 is 18.1 Å². The normalized spacial score (nSPS) is 22.2. The molecule has 0 spiro atoms. The Hall–Kier alpha value is -4.05. The predicted octanol–water partition coefficient (Wildman–Crippen LogP) is 6.94. The number of ether oxygens (including phenoxy) is 1. The number of carbonyl (C=O) groups excluding carboxylic acids is 2. The second-order valence-corrected chi connectivity index (χ2v) is 11.9. The molecule has 0 unspecified atom stereocenters. The van der Waals surface area contributed by atoms with Crippen LogP contribution in [-0.4, -0.2) is 52.6 Å². The van der Waals surface area contributed by atoms with Crippen molar-refractivity contribution in [3.63, 3.8) is 0 Å². The number of aromatic nitrogens is 2. The summed E-state index contributed by atoms with van der Waals surface area (Å²) in [5, 5.41) is 5.76. The third-order valence-corrected chi connectivity index (χ3v) is 8.32. The maximum Gasteiger partial charge on any atom is 0.422 e. The minimum absolute atomic E-state index is 0.141. The summed E-state index contributed by atoms with van der Waals surface area (Å²) >= 11 is 0. The van der Waals surface area contributed by atoms with E-state index in [4.69, 9.17) is 0 Å². The first-order valence-corrected chi connectivity index (χ1v) is 15.0. The van der Waals surface area contributed by atoms with Gasteiger partial charge in [0.25, 0.3) is 0 Å². The molecule has 10 heteroatoms. The first-order chi connectivity index (χ1) is 21.1. The molecule has 2 saturated heterocycles. The van der Waals surface area contributed by atoms with Crippen LogP contribution < -0.4 is 5.32 Å². The van der Waals surface area contributed by atoms with Gasteiger partial charge in [0.15, 0.2) is 6.61 Å². The number of hydrogen-bond acceptors (Lipinski definition) is 6. The van der Waals surface area contributed by atoms with Crippen molar-refractivity contribution < 1.29 is 27.5 Å². The number of carbonyl (C=O) groups is 2. The lowest BCUT2D eigenvalue weighted by Crippen LogP contribution is -2.45. The summed E-state index contributed by atoms with van der Waals surface area (Å²) in [6, 6.07) is 20.1. The Morgan fingerprint density at radius 2 is 1.48 bits per heavy atom. The third-order valence-electron chi connectivity index (χ3n) is 8.32. The molecule has 4 atom stereocenters. The summed E-state index contributed by atoms with van der Waals surface area (Å²) in [5.74, 6) is -1.56. The van der Waals surface area contributed by atoms with Crippen molar-refractivity contribution in [2.45, 2.75) is 57.8 Å². The zero-order valence-corrected chi connectivity index (χ0v) is 24.9. The molecule has 1 amide bonds. The topological polar surface area (TPSA) is 84.4 Å². The van der Waals surface area contributed by atoms with Crippen molar-refractivity contribution in [1.29, 1.82) is 0 Å². The molecule has 1 N–H and O–H groups in total. The second kappa shape index (κ2) is 13.7. The van der Waals surface area contributed by atoms with Crippen LogP contribution >= 0.6 is 0 Å². The van der Waals surface area contributed by atoms with E-state index in [1.807, 2.05) is 43.5 Å². The first-order valence-electron chi connectivity index (χ1n) is 15.0. The second-order valence-electron chi connectivity index (χ2n) is 11.9. The number of esters is 1. The highest BCUT2D eigenvalue weighted by Gasteiger charge is 2.37. The van der Waals surface area contributed by atoms with Crippen LogP contribution in [0.3, 0.4) is 0 Å². The highest BCUT2D eigenvalue weighted by Crippen LogP contribution is 2.35. The number of fused-ring (bicyclic) bond motifs is 2. The van der Waals surface area contributed by atoms with Gasteiger partial charge in [-0.05, 0) is 91.6 Å². The van der Waals surface area contributed by atoms with Gasteiger partial charge < -0.3 is 15.0 Å². The van der Waals surface area contributed by atoms with Crippen LogP contribution in [0.5, 0.6) is 0 Å². The minimum Gasteiger partial charge on any atom is -0.449 e. The fourth-order valence-electron chi connectivity index (χ4n) is 5.95. The van der Waals surface area contributed by atoms with E-state index in [1.165, 1.54) is 28.7 Å². The lowest BCUT2D eigenvalue weighted by molar-refractivity contribution is -0.190. The highest BCUT2D eigenvalue weighted by molar-refractivity contribution is 6.32.